The van der Waals surface area contributed by atoms with Crippen LogP contribution in [0.15, 0.2) is 18.2 Å². The highest BCUT2D eigenvalue weighted by molar-refractivity contribution is 5.38. The third-order valence-corrected chi connectivity index (χ3v) is 2.70. The van der Waals surface area contributed by atoms with Gasteiger partial charge in [0.05, 0.1) is 6.04 Å². The Morgan fingerprint density at radius 3 is 3.15 bits per heavy atom. The molecule has 0 fully saturated rings. The Bertz CT molecular complexity index is 309. The first kappa shape index (κ1) is 8.70. The maximum Gasteiger partial charge on any atom is 0.109 e. The first-order valence-electron chi connectivity index (χ1n) is 4.70. The molecule has 0 radical (unpaired) electrons. The maximum atomic E-state index is 12.7. The van der Waals surface area contributed by atoms with E-state index in [1.54, 1.807) is 0 Å². The average molecular weight is 179 g/mol. The van der Waals surface area contributed by atoms with Crippen molar-refractivity contribution in [1.29, 1.82) is 0 Å². The highest BCUT2D eigenvalue weighted by Gasteiger charge is 2.20. The summed E-state index contributed by atoms with van der Waals surface area (Å²) in [6.07, 6.45) is 1.02. The van der Waals surface area contributed by atoms with Gasteiger partial charge >= 0.3 is 0 Å². The molecule has 0 amide bonds. The van der Waals surface area contributed by atoms with Gasteiger partial charge in [-0.3, -0.25) is 0 Å². The molecule has 2 rings (SSSR count). The molecule has 1 aliphatic heterocycles. The van der Waals surface area contributed by atoms with E-state index in [9.17, 15) is 4.39 Å². The lowest BCUT2D eigenvalue weighted by atomic mass is 9.91. The van der Waals surface area contributed by atoms with Crippen molar-refractivity contribution in [1.82, 2.24) is 5.32 Å². The van der Waals surface area contributed by atoms with Crippen molar-refractivity contribution >= 4 is 0 Å². The summed E-state index contributed by atoms with van der Waals surface area (Å²) in [5.74, 6) is 0. The van der Waals surface area contributed by atoms with Crippen LogP contribution in [0.3, 0.4) is 0 Å². The summed E-state index contributed by atoms with van der Waals surface area (Å²) in [5.41, 5.74) is 3.69. The zero-order chi connectivity index (χ0) is 9.26. The van der Waals surface area contributed by atoms with Gasteiger partial charge in [-0.15, -0.1) is 0 Å². The van der Waals surface area contributed by atoms with Crippen LogP contribution in [0.25, 0.3) is 0 Å². The van der Waals surface area contributed by atoms with Gasteiger partial charge < -0.3 is 5.32 Å². The topological polar surface area (TPSA) is 12.0 Å². The molecule has 1 N–H and O–H groups in total. The first-order chi connectivity index (χ1) is 6.33. The summed E-state index contributed by atoms with van der Waals surface area (Å²) in [4.78, 5) is 0. The maximum absolute atomic E-state index is 12.7. The van der Waals surface area contributed by atoms with E-state index in [-0.39, 0.29) is 12.7 Å². The van der Waals surface area contributed by atoms with Crippen LogP contribution in [0.1, 0.15) is 22.7 Å². The number of rotatable bonds is 1. The van der Waals surface area contributed by atoms with Crippen LogP contribution >= 0.6 is 0 Å². The molecule has 0 saturated heterocycles. The van der Waals surface area contributed by atoms with Crippen molar-refractivity contribution in [2.75, 3.05) is 13.2 Å². The van der Waals surface area contributed by atoms with Gasteiger partial charge in [-0.05, 0) is 36.6 Å². The second-order valence-corrected chi connectivity index (χ2v) is 3.56. The van der Waals surface area contributed by atoms with Crippen molar-refractivity contribution in [3.8, 4) is 0 Å². The van der Waals surface area contributed by atoms with Gasteiger partial charge in [0, 0.05) is 0 Å². The van der Waals surface area contributed by atoms with Crippen molar-refractivity contribution in [2.24, 2.45) is 0 Å². The normalized spacial score (nSPS) is 21.2. The van der Waals surface area contributed by atoms with Crippen LogP contribution in [-0.4, -0.2) is 13.2 Å². The van der Waals surface area contributed by atoms with E-state index >= 15 is 0 Å². The molecule has 2 heteroatoms. The highest BCUT2D eigenvalue weighted by atomic mass is 19.1. The first-order valence-corrected chi connectivity index (χ1v) is 4.70. The summed E-state index contributed by atoms with van der Waals surface area (Å²) in [6, 6.07) is 6.12. The summed E-state index contributed by atoms with van der Waals surface area (Å²) < 4.78 is 12.7. The van der Waals surface area contributed by atoms with Crippen LogP contribution in [0.4, 0.5) is 4.39 Å². The van der Waals surface area contributed by atoms with Gasteiger partial charge in [0.1, 0.15) is 6.67 Å². The number of aryl methyl sites for hydroxylation is 1. The minimum absolute atomic E-state index is 0.0788. The Balaban J connectivity index is 2.47. The molecular weight excluding hydrogens is 165 g/mol. The molecule has 13 heavy (non-hydrogen) atoms. The van der Waals surface area contributed by atoms with Gasteiger partial charge in [0.25, 0.3) is 0 Å². The molecule has 0 aromatic heterocycles. The van der Waals surface area contributed by atoms with Gasteiger partial charge in [-0.2, -0.15) is 0 Å². The smallest absolute Gasteiger partial charge is 0.109 e. The largest absolute Gasteiger partial charge is 0.307 e. The number of nitrogens with one attached hydrogen (secondary N) is 1. The summed E-state index contributed by atoms with van der Waals surface area (Å²) in [6.45, 7) is 2.64. The monoisotopic (exact) mass is 179 g/mol. The van der Waals surface area contributed by atoms with Crippen LogP contribution < -0.4 is 5.32 Å². The van der Waals surface area contributed by atoms with E-state index in [4.69, 9.17) is 0 Å². The zero-order valence-corrected chi connectivity index (χ0v) is 7.81. The van der Waals surface area contributed by atoms with Crippen molar-refractivity contribution < 1.29 is 4.39 Å². The highest BCUT2D eigenvalue weighted by Crippen LogP contribution is 2.26. The van der Waals surface area contributed by atoms with Crippen molar-refractivity contribution in [3.05, 3.63) is 34.9 Å². The predicted molar refractivity (Wildman–Crippen MR) is 51.6 cm³/mol. The average Bonchev–Trinajstić information content (AvgIpc) is 2.17. The number of halogens is 1. The Morgan fingerprint density at radius 2 is 2.38 bits per heavy atom. The fraction of sp³-hybridized carbons (Fsp3) is 0.455. The van der Waals surface area contributed by atoms with Gasteiger partial charge in [0.2, 0.25) is 0 Å². The SMILES string of the molecule is Cc1cccc2c1C(CF)NCC2. The number of hydrogen-bond donors (Lipinski definition) is 1. The van der Waals surface area contributed by atoms with Crippen molar-refractivity contribution in [3.63, 3.8) is 0 Å². The Morgan fingerprint density at radius 1 is 1.54 bits per heavy atom. The molecule has 1 unspecified atom stereocenters. The second-order valence-electron chi connectivity index (χ2n) is 3.56. The number of hydrogen-bond acceptors (Lipinski definition) is 1. The molecule has 1 heterocycles. The summed E-state index contributed by atoms with van der Waals surface area (Å²) >= 11 is 0. The third-order valence-electron chi connectivity index (χ3n) is 2.70. The Kier molecular flexibility index (Phi) is 2.32. The number of alkyl halides is 1. The zero-order valence-electron chi connectivity index (χ0n) is 7.81. The van der Waals surface area contributed by atoms with E-state index in [2.05, 4.69) is 30.4 Å². The Hall–Kier alpha value is -0.890. The summed E-state index contributed by atoms with van der Waals surface area (Å²) in [5, 5.41) is 3.19. The molecule has 0 bridgehead atoms. The van der Waals surface area contributed by atoms with Crippen LogP contribution in [-0.2, 0) is 6.42 Å². The van der Waals surface area contributed by atoms with Crippen LogP contribution in [0, 0.1) is 6.92 Å². The molecule has 1 aromatic carbocycles. The van der Waals surface area contributed by atoms with Crippen LogP contribution in [0.5, 0.6) is 0 Å². The molecule has 1 aromatic rings. The molecule has 70 valence electrons. The molecule has 0 aliphatic carbocycles. The van der Waals surface area contributed by atoms with E-state index < -0.39 is 0 Å². The third kappa shape index (κ3) is 1.46. The lowest BCUT2D eigenvalue weighted by Gasteiger charge is -2.26. The van der Waals surface area contributed by atoms with Gasteiger partial charge in [0.15, 0.2) is 0 Å². The fourth-order valence-corrected chi connectivity index (χ4v) is 2.07. The predicted octanol–water partition coefficient (Wildman–Crippen LogP) is 2.15. The van der Waals surface area contributed by atoms with E-state index in [1.807, 2.05) is 0 Å². The van der Waals surface area contributed by atoms with E-state index in [0.29, 0.717) is 0 Å². The molecule has 0 spiro atoms. The van der Waals surface area contributed by atoms with E-state index in [0.717, 1.165) is 13.0 Å². The van der Waals surface area contributed by atoms with E-state index in [1.165, 1.54) is 16.7 Å². The second kappa shape index (κ2) is 3.46. The minimum Gasteiger partial charge on any atom is -0.307 e. The summed E-state index contributed by atoms with van der Waals surface area (Å²) in [7, 11) is 0. The molecule has 1 aliphatic rings. The lowest BCUT2D eigenvalue weighted by Crippen LogP contribution is -2.31. The standard InChI is InChI=1S/C11H14FN/c1-8-3-2-4-9-5-6-13-10(7-12)11(8)9/h2-4,10,13H,5-7H2,1H3. The number of benzene rings is 1. The molecule has 1 nitrogen and oxygen atoms in total. The van der Waals surface area contributed by atoms with Crippen molar-refractivity contribution in [2.45, 2.75) is 19.4 Å². The quantitative estimate of drug-likeness (QED) is 0.696. The van der Waals surface area contributed by atoms with Gasteiger partial charge in [-0.1, -0.05) is 18.2 Å². The van der Waals surface area contributed by atoms with Crippen LogP contribution in [0.2, 0.25) is 0 Å². The number of fused-ring (bicyclic) bond motifs is 1. The van der Waals surface area contributed by atoms with Gasteiger partial charge in [-0.25, -0.2) is 4.39 Å². The molecular formula is C11H14FN. The lowest BCUT2D eigenvalue weighted by molar-refractivity contribution is 0.370. The fourth-order valence-electron chi connectivity index (χ4n) is 2.07. The Labute approximate surface area is 78.0 Å². The minimum atomic E-state index is -0.308. The molecule has 1 atom stereocenters. The molecule has 0 saturated carbocycles.